The van der Waals surface area contributed by atoms with Crippen molar-refractivity contribution in [3.63, 3.8) is 0 Å². The molecule has 3 rings (SSSR count). The largest absolute Gasteiger partial charge is 0.366 e. The van der Waals surface area contributed by atoms with Crippen LogP contribution in [-0.4, -0.2) is 38.3 Å². The van der Waals surface area contributed by atoms with E-state index in [0.29, 0.717) is 19.7 Å². The average molecular weight is 390 g/mol. The van der Waals surface area contributed by atoms with Crippen LogP contribution in [0, 0.1) is 0 Å². The number of halogens is 2. The Morgan fingerprint density at radius 1 is 1.45 bits per heavy atom. The number of nitrogens with one attached hydrogen (secondary N) is 2. The summed E-state index contributed by atoms with van der Waals surface area (Å²) < 4.78 is 6.59. The van der Waals surface area contributed by atoms with Crippen molar-refractivity contribution in [3.05, 3.63) is 34.3 Å². The maximum atomic E-state index is 12.2. The molecule has 22 heavy (non-hydrogen) atoms. The molecule has 2 fully saturated rings. The number of rotatable bonds is 4. The number of ether oxygens (including phenoxy) is 1. The highest BCUT2D eigenvalue weighted by Gasteiger charge is 2.39. The normalized spacial score (nSPS) is 23.0. The van der Waals surface area contributed by atoms with Crippen LogP contribution in [0.4, 0.5) is 0 Å². The Kier molecular flexibility index (Phi) is 6.26. The minimum absolute atomic E-state index is 0. The van der Waals surface area contributed by atoms with Crippen LogP contribution in [0.25, 0.3) is 0 Å². The monoisotopic (exact) mass is 388 g/mol. The van der Waals surface area contributed by atoms with Gasteiger partial charge in [-0.2, -0.15) is 0 Å². The SMILES string of the molecule is Cl.O=C(NCC1(c2cccc(Br)c2)CCC1)C1CNCCO1. The van der Waals surface area contributed by atoms with Gasteiger partial charge in [-0.25, -0.2) is 0 Å². The third-order valence-corrected chi connectivity index (χ3v) is 5.06. The summed E-state index contributed by atoms with van der Waals surface area (Å²) in [4.78, 5) is 12.2. The molecule has 6 heteroatoms. The minimum Gasteiger partial charge on any atom is -0.366 e. The first-order valence-corrected chi connectivity index (χ1v) is 8.35. The first kappa shape index (κ1) is 17.7. The second-order valence-electron chi connectivity index (χ2n) is 5.93. The molecule has 4 nitrogen and oxygen atoms in total. The van der Waals surface area contributed by atoms with E-state index in [1.54, 1.807) is 0 Å². The van der Waals surface area contributed by atoms with Crippen molar-refractivity contribution < 1.29 is 9.53 Å². The molecule has 122 valence electrons. The summed E-state index contributed by atoms with van der Waals surface area (Å²) in [7, 11) is 0. The number of morpholine rings is 1. The van der Waals surface area contributed by atoms with E-state index in [4.69, 9.17) is 4.74 Å². The molecule has 1 saturated heterocycles. The fourth-order valence-corrected chi connectivity index (χ4v) is 3.49. The lowest BCUT2D eigenvalue weighted by molar-refractivity contribution is -0.134. The van der Waals surface area contributed by atoms with Gasteiger partial charge in [-0.1, -0.05) is 34.5 Å². The number of hydrogen-bond acceptors (Lipinski definition) is 3. The predicted octanol–water partition coefficient (Wildman–Crippen LogP) is 2.40. The summed E-state index contributed by atoms with van der Waals surface area (Å²) in [5.74, 6) is 0.00321. The number of carbonyl (C=O) groups excluding carboxylic acids is 1. The van der Waals surface area contributed by atoms with E-state index in [-0.39, 0.29) is 29.8 Å². The Hall–Kier alpha value is -0.620. The Bertz CT molecular complexity index is 517. The van der Waals surface area contributed by atoms with Gasteiger partial charge in [0.15, 0.2) is 0 Å². The van der Waals surface area contributed by atoms with E-state index in [9.17, 15) is 4.79 Å². The van der Waals surface area contributed by atoms with Crippen LogP contribution in [0.2, 0.25) is 0 Å². The lowest BCUT2D eigenvalue weighted by Gasteiger charge is -2.43. The zero-order chi connectivity index (χ0) is 14.7. The second-order valence-corrected chi connectivity index (χ2v) is 6.84. The Labute approximate surface area is 145 Å². The van der Waals surface area contributed by atoms with Crippen molar-refractivity contribution >= 4 is 34.2 Å². The summed E-state index contributed by atoms with van der Waals surface area (Å²) >= 11 is 3.53. The molecule has 1 aromatic carbocycles. The molecule has 0 aromatic heterocycles. The molecule has 1 heterocycles. The zero-order valence-corrected chi connectivity index (χ0v) is 14.8. The van der Waals surface area contributed by atoms with Gasteiger partial charge in [0.05, 0.1) is 6.61 Å². The van der Waals surface area contributed by atoms with Crippen LogP contribution < -0.4 is 10.6 Å². The predicted molar refractivity (Wildman–Crippen MR) is 92.5 cm³/mol. The molecule has 1 amide bonds. The van der Waals surface area contributed by atoms with E-state index in [1.807, 2.05) is 6.07 Å². The van der Waals surface area contributed by atoms with Gasteiger partial charge in [0.25, 0.3) is 0 Å². The van der Waals surface area contributed by atoms with Crippen molar-refractivity contribution in [1.82, 2.24) is 10.6 Å². The molecule has 0 radical (unpaired) electrons. The summed E-state index contributed by atoms with van der Waals surface area (Å²) in [6.45, 7) is 2.73. The molecule has 1 saturated carbocycles. The maximum absolute atomic E-state index is 12.2. The van der Waals surface area contributed by atoms with Crippen LogP contribution in [0.15, 0.2) is 28.7 Å². The summed E-state index contributed by atoms with van der Waals surface area (Å²) in [6.07, 6.45) is 3.14. The molecule has 1 aliphatic carbocycles. The Morgan fingerprint density at radius 3 is 2.86 bits per heavy atom. The van der Waals surface area contributed by atoms with Gasteiger partial charge in [-0.15, -0.1) is 12.4 Å². The second kappa shape index (κ2) is 7.77. The van der Waals surface area contributed by atoms with Crippen LogP contribution >= 0.6 is 28.3 Å². The molecule has 1 aliphatic heterocycles. The van der Waals surface area contributed by atoms with Crippen molar-refractivity contribution in [1.29, 1.82) is 0 Å². The summed E-state index contributed by atoms with van der Waals surface area (Å²) in [5, 5.41) is 6.28. The van der Waals surface area contributed by atoms with Gasteiger partial charge in [0.2, 0.25) is 5.91 Å². The topological polar surface area (TPSA) is 50.4 Å². The quantitative estimate of drug-likeness (QED) is 0.831. The number of amides is 1. The van der Waals surface area contributed by atoms with E-state index in [1.165, 1.54) is 12.0 Å². The minimum atomic E-state index is -0.349. The van der Waals surface area contributed by atoms with E-state index in [0.717, 1.165) is 23.9 Å². The van der Waals surface area contributed by atoms with Crippen LogP contribution in [0.5, 0.6) is 0 Å². The molecule has 0 bridgehead atoms. The average Bonchev–Trinajstić information content (AvgIpc) is 2.47. The standard InChI is InChI=1S/C16H21BrN2O2.ClH/c17-13-4-1-3-12(9-13)16(5-2-6-16)11-19-15(20)14-10-18-7-8-21-14;/h1,3-4,9,14,18H,2,5-8,10-11H2,(H,19,20);1H. The molecular weight excluding hydrogens is 368 g/mol. The van der Waals surface area contributed by atoms with Gasteiger partial charge in [0, 0.05) is 29.5 Å². The van der Waals surface area contributed by atoms with Crippen LogP contribution in [-0.2, 0) is 14.9 Å². The van der Waals surface area contributed by atoms with Crippen molar-refractivity contribution in [3.8, 4) is 0 Å². The highest BCUT2D eigenvalue weighted by atomic mass is 79.9. The van der Waals surface area contributed by atoms with E-state index in [2.05, 4.69) is 44.8 Å². The zero-order valence-electron chi connectivity index (χ0n) is 12.4. The van der Waals surface area contributed by atoms with Crippen LogP contribution in [0.3, 0.4) is 0 Å². The molecule has 2 N–H and O–H groups in total. The molecule has 1 atom stereocenters. The molecule has 0 spiro atoms. The fraction of sp³-hybridized carbons (Fsp3) is 0.562. The summed E-state index contributed by atoms with van der Waals surface area (Å²) in [5.41, 5.74) is 1.41. The number of benzene rings is 1. The van der Waals surface area contributed by atoms with Crippen molar-refractivity contribution in [2.75, 3.05) is 26.2 Å². The molecular formula is C16H22BrClN2O2. The van der Waals surface area contributed by atoms with Crippen molar-refractivity contribution in [2.45, 2.75) is 30.8 Å². The van der Waals surface area contributed by atoms with Crippen molar-refractivity contribution in [2.24, 2.45) is 0 Å². The number of carbonyl (C=O) groups is 1. The first-order chi connectivity index (χ1) is 10.2. The first-order valence-electron chi connectivity index (χ1n) is 7.56. The third kappa shape index (κ3) is 3.82. The maximum Gasteiger partial charge on any atom is 0.250 e. The van der Waals surface area contributed by atoms with Crippen LogP contribution in [0.1, 0.15) is 24.8 Å². The van der Waals surface area contributed by atoms with E-state index < -0.39 is 0 Å². The van der Waals surface area contributed by atoms with Gasteiger partial charge >= 0.3 is 0 Å². The number of hydrogen-bond donors (Lipinski definition) is 2. The summed E-state index contributed by atoms with van der Waals surface area (Å²) in [6, 6.07) is 8.43. The third-order valence-electron chi connectivity index (χ3n) is 4.57. The smallest absolute Gasteiger partial charge is 0.250 e. The Morgan fingerprint density at radius 2 is 2.27 bits per heavy atom. The lowest BCUT2D eigenvalue weighted by atomic mass is 9.64. The molecule has 2 aliphatic rings. The highest BCUT2D eigenvalue weighted by Crippen LogP contribution is 2.43. The van der Waals surface area contributed by atoms with E-state index >= 15 is 0 Å². The highest BCUT2D eigenvalue weighted by molar-refractivity contribution is 9.10. The molecule has 1 aromatic rings. The van der Waals surface area contributed by atoms with Gasteiger partial charge in [-0.3, -0.25) is 4.79 Å². The van der Waals surface area contributed by atoms with Gasteiger partial charge in [0.1, 0.15) is 6.10 Å². The fourth-order valence-electron chi connectivity index (χ4n) is 3.09. The Balaban J connectivity index is 0.00000176. The van der Waals surface area contributed by atoms with Gasteiger partial charge in [-0.05, 0) is 30.5 Å². The van der Waals surface area contributed by atoms with Gasteiger partial charge < -0.3 is 15.4 Å². The lowest BCUT2D eigenvalue weighted by Crippen LogP contribution is -2.52. The molecule has 1 unspecified atom stereocenters.